The molecule has 1 aliphatic heterocycles. The summed E-state index contributed by atoms with van der Waals surface area (Å²) >= 11 is 0. The molecule has 5 aliphatic rings. The molecule has 8 heteroatoms. The Balaban J connectivity index is 1.56. The summed E-state index contributed by atoms with van der Waals surface area (Å²) in [5.74, 6) is 1.12. The van der Waals surface area contributed by atoms with E-state index in [1.165, 1.54) is 5.57 Å². The van der Waals surface area contributed by atoms with Gasteiger partial charge in [0.25, 0.3) is 0 Å². The molecule has 0 amide bonds. The molecule has 0 aromatic carbocycles. The Hall–Kier alpha value is -0.840. The average molecular weight is 621 g/mol. The van der Waals surface area contributed by atoms with E-state index in [0.29, 0.717) is 11.8 Å². The summed E-state index contributed by atoms with van der Waals surface area (Å²) in [6.45, 7) is 17.4. The largest absolute Gasteiger partial charge is 0.394 e. The molecule has 1 saturated heterocycles. The van der Waals surface area contributed by atoms with Crippen molar-refractivity contribution in [2.24, 2.45) is 45.3 Å². The van der Waals surface area contributed by atoms with Crippen molar-refractivity contribution in [2.75, 3.05) is 6.61 Å². The topological polar surface area (TPSA) is 140 Å². The second-order valence-electron chi connectivity index (χ2n) is 16.8. The van der Waals surface area contributed by atoms with E-state index in [-0.39, 0.29) is 28.1 Å². The molecule has 0 aromatic rings. The Morgan fingerprint density at radius 1 is 0.955 bits per heavy atom. The minimum absolute atomic E-state index is 0.00663. The summed E-state index contributed by atoms with van der Waals surface area (Å²) in [5.41, 5.74) is 1.62. The van der Waals surface area contributed by atoms with Gasteiger partial charge < -0.3 is 40.1 Å². The second kappa shape index (κ2) is 12.0. The maximum atomic E-state index is 11.1. The minimum atomic E-state index is -1.51. The molecule has 6 N–H and O–H groups in total. The molecule has 4 fully saturated rings. The molecule has 252 valence electrons. The van der Waals surface area contributed by atoms with Crippen LogP contribution in [0, 0.1) is 45.3 Å². The first-order valence-corrected chi connectivity index (χ1v) is 17.1. The van der Waals surface area contributed by atoms with E-state index in [9.17, 15) is 30.6 Å². The number of ether oxygens (including phenoxy) is 2. The number of aliphatic hydroxyl groups is 6. The van der Waals surface area contributed by atoms with Crippen molar-refractivity contribution in [1.29, 1.82) is 0 Å². The normalized spacial score (nSPS) is 49.6. The lowest BCUT2D eigenvalue weighted by molar-refractivity contribution is -0.322. The van der Waals surface area contributed by atoms with Crippen LogP contribution in [0.15, 0.2) is 23.3 Å². The predicted octanol–water partition coefficient (Wildman–Crippen LogP) is 4.10. The van der Waals surface area contributed by atoms with Crippen LogP contribution in [0.25, 0.3) is 0 Å². The van der Waals surface area contributed by atoms with Gasteiger partial charge in [-0.15, -0.1) is 0 Å². The zero-order chi connectivity index (χ0) is 32.6. The lowest BCUT2D eigenvalue weighted by atomic mass is 9.38. The van der Waals surface area contributed by atoms with Crippen LogP contribution in [0.5, 0.6) is 0 Å². The fraction of sp³-hybridized carbons (Fsp3) is 0.889. The standard InChI is InChI=1S/C36H60O8/c1-19(2)15-21(38)16-20(3)22-11-12-36(8)31-25(43-32-30(42)29(41)28(40)26(18-37)44-32)17-24-23(9-10-27(39)33(24,4)5)34(31,6)13-14-35(22,36)7/h15,17,20-23,25-32,37-42H,9-14,16,18H2,1-8H3/t20-,21+,22-,23-,25+,26-,27+,28-,29-,30-,31-,32-,34+,35-,36+/m1/s1. The van der Waals surface area contributed by atoms with Crippen molar-refractivity contribution >= 4 is 0 Å². The third kappa shape index (κ3) is 5.28. The van der Waals surface area contributed by atoms with Crippen LogP contribution in [0.3, 0.4) is 0 Å². The van der Waals surface area contributed by atoms with Crippen molar-refractivity contribution in [2.45, 2.75) is 149 Å². The van der Waals surface area contributed by atoms with Gasteiger partial charge in [0.1, 0.15) is 24.4 Å². The van der Waals surface area contributed by atoms with Gasteiger partial charge in [-0.3, -0.25) is 0 Å². The number of fused-ring (bicyclic) bond motifs is 5. The van der Waals surface area contributed by atoms with Gasteiger partial charge in [0, 0.05) is 11.3 Å². The van der Waals surface area contributed by atoms with Gasteiger partial charge in [0.15, 0.2) is 6.29 Å². The zero-order valence-electron chi connectivity index (χ0n) is 28.2. The molecular formula is C36H60O8. The van der Waals surface area contributed by atoms with Gasteiger partial charge in [-0.1, -0.05) is 64.8 Å². The Bertz CT molecular complexity index is 1110. The van der Waals surface area contributed by atoms with Crippen LogP contribution in [0.1, 0.15) is 100 Å². The maximum Gasteiger partial charge on any atom is 0.187 e. The summed E-state index contributed by atoms with van der Waals surface area (Å²) in [6, 6.07) is 0. The third-order valence-corrected chi connectivity index (χ3v) is 13.8. The van der Waals surface area contributed by atoms with E-state index in [2.05, 4.69) is 47.6 Å². The molecule has 1 heterocycles. The SMILES string of the molecule is CC(C)=C[C@H](O)C[C@@H](C)[C@H]1CC[C@@]2(C)[C@@H]3[C@@H](O[C@@H]4O[C@H](CO)[C@@H](O)[C@@H](O)[C@H]4O)C=C4[C@@H](CC[C@H](O)C4(C)C)[C@]3(C)CC[C@]12C. The smallest absolute Gasteiger partial charge is 0.187 e. The van der Waals surface area contributed by atoms with Crippen molar-refractivity contribution < 1.29 is 40.1 Å². The Labute approximate surface area is 264 Å². The summed E-state index contributed by atoms with van der Waals surface area (Å²) in [6.07, 6.45) is 2.64. The molecule has 0 spiro atoms. The molecule has 3 saturated carbocycles. The Morgan fingerprint density at radius 3 is 2.27 bits per heavy atom. The molecule has 0 aromatic heterocycles. The third-order valence-electron chi connectivity index (χ3n) is 13.8. The van der Waals surface area contributed by atoms with E-state index in [1.54, 1.807) is 0 Å². The Morgan fingerprint density at radius 2 is 1.64 bits per heavy atom. The highest BCUT2D eigenvalue weighted by molar-refractivity contribution is 5.33. The highest BCUT2D eigenvalue weighted by Gasteiger charge is 2.70. The van der Waals surface area contributed by atoms with Gasteiger partial charge >= 0.3 is 0 Å². The summed E-state index contributed by atoms with van der Waals surface area (Å²) in [4.78, 5) is 0. The molecule has 44 heavy (non-hydrogen) atoms. The van der Waals surface area contributed by atoms with E-state index in [1.807, 2.05) is 19.9 Å². The highest BCUT2D eigenvalue weighted by Crippen LogP contribution is 2.75. The van der Waals surface area contributed by atoms with Crippen molar-refractivity contribution in [3.8, 4) is 0 Å². The summed E-state index contributed by atoms with van der Waals surface area (Å²) in [7, 11) is 0. The van der Waals surface area contributed by atoms with Gasteiger partial charge in [-0.2, -0.15) is 0 Å². The average Bonchev–Trinajstić information content (AvgIpc) is 3.21. The molecule has 5 rings (SSSR count). The highest BCUT2D eigenvalue weighted by atomic mass is 16.7. The van der Waals surface area contributed by atoms with Crippen LogP contribution in [-0.2, 0) is 9.47 Å². The van der Waals surface area contributed by atoms with E-state index < -0.39 is 61.0 Å². The molecule has 4 aliphatic carbocycles. The van der Waals surface area contributed by atoms with Crippen LogP contribution in [0.4, 0.5) is 0 Å². The first kappa shape index (κ1) is 34.5. The Kier molecular flexibility index (Phi) is 9.40. The fourth-order valence-electron chi connectivity index (χ4n) is 11.1. The van der Waals surface area contributed by atoms with Crippen LogP contribution >= 0.6 is 0 Å². The van der Waals surface area contributed by atoms with Crippen LogP contribution < -0.4 is 0 Å². The molecule has 0 unspecified atom stereocenters. The van der Waals surface area contributed by atoms with E-state index in [0.717, 1.165) is 50.5 Å². The lowest BCUT2D eigenvalue weighted by Gasteiger charge is -2.67. The number of hydrogen-bond acceptors (Lipinski definition) is 8. The summed E-state index contributed by atoms with van der Waals surface area (Å²) in [5, 5.41) is 63.9. The summed E-state index contributed by atoms with van der Waals surface area (Å²) < 4.78 is 12.7. The minimum Gasteiger partial charge on any atom is -0.394 e. The second-order valence-corrected chi connectivity index (χ2v) is 16.8. The predicted molar refractivity (Wildman–Crippen MR) is 168 cm³/mol. The fourth-order valence-corrected chi connectivity index (χ4v) is 11.1. The quantitative estimate of drug-likeness (QED) is 0.234. The van der Waals surface area contributed by atoms with Gasteiger partial charge in [0.05, 0.1) is 24.9 Å². The first-order valence-electron chi connectivity index (χ1n) is 17.1. The van der Waals surface area contributed by atoms with Gasteiger partial charge in [-0.05, 0) is 92.8 Å². The van der Waals surface area contributed by atoms with Crippen molar-refractivity contribution in [3.05, 3.63) is 23.3 Å². The van der Waals surface area contributed by atoms with Crippen molar-refractivity contribution in [1.82, 2.24) is 0 Å². The maximum absolute atomic E-state index is 11.1. The number of rotatable bonds is 7. The molecule has 0 bridgehead atoms. The molecule has 15 atom stereocenters. The van der Waals surface area contributed by atoms with Gasteiger partial charge in [-0.25, -0.2) is 0 Å². The first-order chi connectivity index (χ1) is 20.4. The van der Waals surface area contributed by atoms with Crippen LogP contribution in [0.2, 0.25) is 0 Å². The zero-order valence-corrected chi connectivity index (χ0v) is 28.2. The van der Waals surface area contributed by atoms with E-state index in [4.69, 9.17) is 9.47 Å². The monoisotopic (exact) mass is 620 g/mol. The van der Waals surface area contributed by atoms with E-state index >= 15 is 0 Å². The van der Waals surface area contributed by atoms with Crippen molar-refractivity contribution in [3.63, 3.8) is 0 Å². The molecule has 0 radical (unpaired) electrons. The van der Waals surface area contributed by atoms with Crippen LogP contribution in [-0.4, -0.2) is 86.3 Å². The number of hydrogen-bond donors (Lipinski definition) is 6. The lowest BCUT2D eigenvalue weighted by Crippen LogP contribution is -2.65. The number of allylic oxidation sites excluding steroid dienone is 1. The molecule has 8 nitrogen and oxygen atoms in total. The molecular weight excluding hydrogens is 560 g/mol. The number of aliphatic hydroxyl groups excluding tert-OH is 6. The van der Waals surface area contributed by atoms with Gasteiger partial charge in [0.2, 0.25) is 0 Å².